The number of hydrogen-bond acceptors (Lipinski definition) is 3. The zero-order valence-electron chi connectivity index (χ0n) is 11.6. The first-order valence-electron chi connectivity index (χ1n) is 6.30. The summed E-state index contributed by atoms with van der Waals surface area (Å²) in [4.78, 5) is 22.4. The fourth-order valence-electron chi connectivity index (χ4n) is 1.77. The van der Waals surface area contributed by atoms with Gasteiger partial charge in [-0.25, -0.2) is 0 Å². The van der Waals surface area contributed by atoms with Gasteiger partial charge < -0.3 is 10.4 Å². The van der Waals surface area contributed by atoms with Crippen molar-refractivity contribution in [2.45, 2.75) is 33.1 Å². The molecule has 6 nitrogen and oxygen atoms in total. The second-order valence-electron chi connectivity index (χ2n) is 5.40. The minimum atomic E-state index is -0.785. The maximum atomic E-state index is 11.8. The highest BCUT2D eigenvalue weighted by atomic mass is 16.4. The Morgan fingerprint density at radius 1 is 1.42 bits per heavy atom. The van der Waals surface area contributed by atoms with Gasteiger partial charge >= 0.3 is 5.97 Å². The van der Waals surface area contributed by atoms with Crippen LogP contribution < -0.4 is 5.32 Å². The minimum absolute atomic E-state index is 0.0991. The van der Waals surface area contributed by atoms with Crippen LogP contribution in [-0.2, 0) is 11.8 Å². The van der Waals surface area contributed by atoms with Gasteiger partial charge in [0.1, 0.15) is 5.69 Å². The van der Waals surface area contributed by atoms with E-state index >= 15 is 0 Å². The molecule has 2 N–H and O–H groups in total. The lowest BCUT2D eigenvalue weighted by atomic mass is 9.84. The standard InChI is InChI=1S/C13H21N3O3/c1-13(2,6-4-11(17)18)7-9-14-12(19)10-5-8-15-16(10)3/h5,8H,4,6-7,9H2,1-3H3,(H,14,19)(H,17,18). The number of nitrogens with one attached hydrogen (secondary N) is 1. The monoisotopic (exact) mass is 267 g/mol. The Labute approximate surface area is 112 Å². The van der Waals surface area contributed by atoms with Crippen molar-refractivity contribution in [1.82, 2.24) is 15.1 Å². The summed E-state index contributed by atoms with van der Waals surface area (Å²) in [7, 11) is 1.71. The van der Waals surface area contributed by atoms with Crippen LogP contribution in [0.4, 0.5) is 0 Å². The predicted octanol–water partition coefficient (Wildman–Crippen LogP) is 1.43. The van der Waals surface area contributed by atoms with E-state index < -0.39 is 5.97 Å². The van der Waals surface area contributed by atoms with Gasteiger partial charge in [0, 0.05) is 26.2 Å². The highest BCUT2D eigenvalue weighted by Crippen LogP contribution is 2.25. The molecule has 1 heterocycles. The van der Waals surface area contributed by atoms with Crippen LogP contribution in [0.5, 0.6) is 0 Å². The average molecular weight is 267 g/mol. The van der Waals surface area contributed by atoms with E-state index in [0.717, 1.165) is 6.42 Å². The molecule has 1 aromatic heterocycles. The molecule has 19 heavy (non-hydrogen) atoms. The van der Waals surface area contributed by atoms with Gasteiger partial charge in [-0.1, -0.05) is 13.8 Å². The van der Waals surface area contributed by atoms with Gasteiger partial charge in [0.2, 0.25) is 0 Å². The van der Waals surface area contributed by atoms with Gasteiger partial charge in [0.05, 0.1) is 0 Å². The first-order valence-corrected chi connectivity index (χ1v) is 6.30. The summed E-state index contributed by atoms with van der Waals surface area (Å²) in [6.45, 7) is 4.54. The number of rotatable bonds is 7. The van der Waals surface area contributed by atoms with Crippen LogP contribution in [0.1, 0.15) is 43.6 Å². The SMILES string of the molecule is Cn1nccc1C(=O)NCCC(C)(C)CCC(=O)O. The average Bonchev–Trinajstić information content (AvgIpc) is 2.73. The molecule has 0 atom stereocenters. The number of carboxylic acids is 1. The Hall–Kier alpha value is -1.85. The largest absolute Gasteiger partial charge is 0.481 e. The van der Waals surface area contributed by atoms with Gasteiger partial charge in [-0.15, -0.1) is 0 Å². The van der Waals surface area contributed by atoms with E-state index in [4.69, 9.17) is 5.11 Å². The molecule has 0 fully saturated rings. The van der Waals surface area contributed by atoms with Gasteiger partial charge in [-0.05, 0) is 24.3 Å². The number of aliphatic carboxylic acids is 1. The van der Waals surface area contributed by atoms with Gasteiger partial charge in [-0.3, -0.25) is 14.3 Å². The number of carbonyl (C=O) groups excluding carboxylic acids is 1. The molecule has 106 valence electrons. The van der Waals surface area contributed by atoms with Gasteiger partial charge in [-0.2, -0.15) is 5.10 Å². The molecule has 0 unspecified atom stereocenters. The third kappa shape index (κ3) is 5.11. The quantitative estimate of drug-likeness (QED) is 0.782. The van der Waals surface area contributed by atoms with E-state index in [2.05, 4.69) is 10.4 Å². The van der Waals surface area contributed by atoms with Crippen LogP contribution in [0.3, 0.4) is 0 Å². The molecule has 0 radical (unpaired) electrons. The first kappa shape index (κ1) is 15.2. The van der Waals surface area contributed by atoms with Gasteiger partial charge in [0.25, 0.3) is 5.91 Å². The van der Waals surface area contributed by atoms with Crippen LogP contribution >= 0.6 is 0 Å². The molecule has 1 rings (SSSR count). The van der Waals surface area contributed by atoms with Crippen molar-refractivity contribution in [2.24, 2.45) is 12.5 Å². The second-order valence-corrected chi connectivity index (χ2v) is 5.40. The highest BCUT2D eigenvalue weighted by molar-refractivity contribution is 5.92. The molecule has 0 bridgehead atoms. The number of nitrogens with zero attached hydrogens (tertiary/aromatic N) is 2. The maximum absolute atomic E-state index is 11.8. The second kappa shape index (κ2) is 6.36. The Balaban J connectivity index is 2.35. The van der Waals surface area contributed by atoms with E-state index in [-0.39, 0.29) is 17.7 Å². The number of aryl methyl sites for hydroxylation is 1. The number of carboxylic acid groups (broad SMARTS) is 1. The molecule has 0 spiro atoms. The Morgan fingerprint density at radius 3 is 2.63 bits per heavy atom. The van der Waals surface area contributed by atoms with Crippen molar-refractivity contribution in [2.75, 3.05) is 6.54 Å². The van der Waals surface area contributed by atoms with Crippen LogP contribution in [-0.4, -0.2) is 33.3 Å². The van der Waals surface area contributed by atoms with Crippen LogP contribution in [0.25, 0.3) is 0 Å². The number of hydrogen-bond donors (Lipinski definition) is 2. The van der Waals surface area contributed by atoms with E-state index in [0.29, 0.717) is 18.7 Å². The lowest BCUT2D eigenvalue weighted by Crippen LogP contribution is -2.29. The van der Waals surface area contributed by atoms with E-state index in [1.807, 2.05) is 13.8 Å². The van der Waals surface area contributed by atoms with E-state index in [1.165, 1.54) is 4.68 Å². The molecule has 1 aromatic rings. The summed E-state index contributed by atoms with van der Waals surface area (Å²) in [5, 5.41) is 15.4. The summed E-state index contributed by atoms with van der Waals surface area (Å²) >= 11 is 0. The van der Waals surface area contributed by atoms with Crippen molar-refractivity contribution in [3.63, 3.8) is 0 Å². The molecule has 0 saturated heterocycles. The molecular weight excluding hydrogens is 246 g/mol. The summed E-state index contributed by atoms with van der Waals surface area (Å²) in [6, 6.07) is 1.66. The Kier molecular flexibility index (Phi) is 5.09. The maximum Gasteiger partial charge on any atom is 0.303 e. The molecular formula is C13H21N3O3. The lowest BCUT2D eigenvalue weighted by molar-refractivity contribution is -0.137. The zero-order chi connectivity index (χ0) is 14.5. The molecule has 0 aliphatic heterocycles. The van der Waals surface area contributed by atoms with Crippen LogP contribution in [0.2, 0.25) is 0 Å². The third-order valence-electron chi connectivity index (χ3n) is 3.16. The fraction of sp³-hybridized carbons (Fsp3) is 0.615. The number of amides is 1. The third-order valence-corrected chi connectivity index (χ3v) is 3.16. The zero-order valence-corrected chi connectivity index (χ0v) is 11.6. The molecule has 0 aromatic carbocycles. The van der Waals surface area contributed by atoms with Crippen LogP contribution in [0.15, 0.2) is 12.3 Å². The molecule has 1 amide bonds. The number of carbonyl (C=O) groups is 2. The molecule has 0 aliphatic rings. The number of aromatic nitrogens is 2. The Morgan fingerprint density at radius 2 is 2.11 bits per heavy atom. The van der Waals surface area contributed by atoms with Crippen molar-refractivity contribution in [3.05, 3.63) is 18.0 Å². The van der Waals surface area contributed by atoms with Crippen LogP contribution in [0, 0.1) is 5.41 Å². The van der Waals surface area contributed by atoms with Crippen molar-refractivity contribution in [3.8, 4) is 0 Å². The summed E-state index contributed by atoms with van der Waals surface area (Å²) in [5.41, 5.74) is 0.418. The fourth-order valence-corrected chi connectivity index (χ4v) is 1.77. The summed E-state index contributed by atoms with van der Waals surface area (Å²) < 4.78 is 1.52. The van der Waals surface area contributed by atoms with Crippen molar-refractivity contribution < 1.29 is 14.7 Å². The molecule has 6 heteroatoms. The van der Waals surface area contributed by atoms with Gasteiger partial charge in [0.15, 0.2) is 0 Å². The smallest absolute Gasteiger partial charge is 0.303 e. The van der Waals surface area contributed by atoms with Crippen molar-refractivity contribution >= 4 is 11.9 Å². The lowest BCUT2D eigenvalue weighted by Gasteiger charge is -2.23. The first-order chi connectivity index (χ1) is 8.82. The molecule has 0 saturated carbocycles. The summed E-state index contributed by atoms with van der Waals surface area (Å²) in [6.07, 6.45) is 3.07. The predicted molar refractivity (Wildman–Crippen MR) is 70.8 cm³/mol. The highest BCUT2D eigenvalue weighted by Gasteiger charge is 2.19. The van der Waals surface area contributed by atoms with Crippen molar-refractivity contribution in [1.29, 1.82) is 0 Å². The normalized spacial score (nSPS) is 11.3. The summed E-state index contributed by atoms with van der Waals surface area (Å²) in [5.74, 6) is -0.943. The topological polar surface area (TPSA) is 84.2 Å². The van der Waals surface area contributed by atoms with E-state index in [1.54, 1.807) is 19.3 Å². The Bertz CT molecular complexity index is 452. The minimum Gasteiger partial charge on any atom is -0.481 e. The van der Waals surface area contributed by atoms with E-state index in [9.17, 15) is 9.59 Å². The molecule has 0 aliphatic carbocycles.